The van der Waals surface area contributed by atoms with Crippen LogP contribution in [0.25, 0.3) is 10.1 Å². The zero-order valence-corrected chi connectivity index (χ0v) is 18.8. The second kappa shape index (κ2) is 9.58. The topological polar surface area (TPSA) is 65.5 Å². The van der Waals surface area contributed by atoms with Crippen LogP contribution in [-0.2, 0) is 17.8 Å². The van der Waals surface area contributed by atoms with E-state index in [1.165, 1.54) is 11.3 Å². The maximum Gasteiger partial charge on any atom is 0.261 e. The highest BCUT2D eigenvalue weighted by Crippen LogP contribution is 2.34. The van der Waals surface area contributed by atoms with Crippen LogP contribution in [0.15, 0.2) is 48.7 Å². The highest BCUT2D eigenvalue weighted by Gasteiger charge is 2.31. The van der Waals surface area contributed by atoms with Gasteiger partial charge in [0.1, 0.15) is 0 Å². The second-order valence-corrected chi connectivity index (χ2v) is 9.12. The normalized spacial score (nSPS) is 16.2. The Bertz CT molecular complexity index is 1070. The van der Waals surface area contributed by atoms with Crippen LogP contribution in [0.1, 0.15) is 33.8 Å². The molecule has 1 N–H and O–H groups in total. The van der Waals surface area contributed by atoms with Gasteiger partial charge < -0.3 is 10.2 Å². The van der Waals surface area contributed by atoms with E-state index >= 15 is 0 Å². The van der Waals surface area contributed by atoms with E-state index < -0.39 is 0 Å². The van der Waals surface area contributed by atoms with Crippen LogP contribution >= 0.6 is 11.3 Å². The quantitative estimate of drug-likeness (QED) is 0.617. The molecule has 1 unspecified atom stereocenters. The lowest BCUT2D eigenvalue weighted by Gasteiger charge is -2.27. The number of carbonyl (C=O) groups is 2. The first-order valence-electron chi connectivity index (χ1n) is 10.7. The number of pyridine rings is 1. The number of likely N-dealkylation sites (N-methyl/N-ethyl adjacent to an activating group) is 1. The fourth-order valence-electron chi connectivity index (χ4n) is 4.36. The van der Waals surface area contributed by atoms with Gasteiger partial charge in [-0.1, -0.05) is 24.3 Å². The smallest absolute Gasteiger partial charge is 0.261 e. The summed E-state index contributed by atoms with van der Waals surface area (Å²) < 4.78 is 1.11. The van der Waals surface area contributed by atoms with Crippen LogP contribution in [0.5, 0.6) is 0 Å². The van der Waals surface area contributed by atoms with Gasteiger partial charge in [-0.05, 0) is 55.5 Å². The van der Waals surface area contributed by atoms with Crippen molar-refractivity contribution in [1.29, 1.82) is 0 Å². The van der Waals surface area contributed by atoms with E-state index in [9.17, 15) is 9.59 Å². The van der Waals surface area contributed by atoms with Crippen LogP contribution < -0.4 is 5.32 Å². The van der Waals surface area contributed by atoms with Crippen molar-refractivity contribution >= 4 is 33.2 Å². The largest absolute Gasteiger partial charge is 0.354 e. The number of carbonyl (C=O) groups excluding carboxylic acids is 2. The first kappa shape index (κ1) is 21.5. The molecule has 1 saturated heterocycles. The molecule has 6 nitrogen and oxygen atoms in total. The molecule has 1 aliphatic rings. The van der Waals surface area contributed by atoms with Crippen LogP contribution in [0, 0.1) is 0 Å². The van der Waals surface area contributed by atoms with Crippen molar-refractivity contribution in [3.8, 4) is 0 Å². The summed E-state index contributed by atoms with van der Waals surface area (Å²) in [6.07, 6.45) is 4.45. The molecule has 2 amide bonds. The second-order valence-electron chi connectivity index (χ2n) is 8.07. The number of rotatable bonds is 7. The van der Waals surface area contributed by atoms with Crippen molar-refractivity contribution < 1.29 is 9.59 Å². The predicted octanol–water partition coefficient (Wildman–Crippen LogP) is 3.32. The highest BCUT2D eigenvalue weighted by molar-refractivity contribution is 7.21. The molecule has 2 aromatic heterocycles. The third kappa shape index (κ3) is 4.78. The van der Waals surface area contributed by atoms with Crippen LogP contribution in [0.3, 0.4) is 0 Å². The number of fused-ring (bicyclic) bond motifs is 1. The molecule has 4 rings (SSSR count). The van der Waals surface area contributed by atoms with Crippen molar-refractivity contribution in [2.45, 2.75) is 31.8 Å². The molecule has 3 heterocycles. The number of nitrogens with zero attached hydrogens (tertiary/aromatic N) is 3. The highest BCUT2D eigenvalue weighted by atomic mass is 32.1. The van der Waals surface area contributed by atoms with Gasteiger partial charge in [0.05, 0.1) is 17.1 Å². The summed E-state index contributed by atoms with van der Waals surface area (Å²) in [7, 11) is 3.62. The molecule has 1 aliphatic heterocycles. The first-order chi connectivity index (χ1) is 15.1. The zero-order valence-electron chi connectivity index (χ0n) is 18.0. The van der Waals surface area contributed by atoms with E-state index in [1.807, 2.05) is 47.2 Å². The molecule has 7 heteroatoms. The van der Waals surface area contributed by atoms with Gasteiger partial charge in [-0.25, -0.2) is 0 Å². The molecule has 3 aromatic rings. The number of amides is 2. The van der Waals surface area contributed by atoms with Gasteiger partial charge in [-0.2, -0.15) is 0 Å². The number of aromatic nitrogens is 1. The molecular weight excluding hydrogens is 408 g/mol. The van der Waals surface area contributed by atoms with E-state index in [4.69, 9.17) is 0 Å². The monoisotopic (exact) mass is 436 g/mol. The number of hydrogen-bond donors (Lipinski definition) is 1. The Labute approximate surface area is 186 Å². The van der Waals surface area contributed by atoms with Crippen molar-refractivity contribution in [2.24, 2.45) is 0 Å². The first-order valence-corrected chi connectivity index (χ1v) is 11.5. The van der Waals surface area contributed by atoms with Gasteiger partial charge in [-0.3, -0.25) is 19.5 Å². The van der Waals surface area contributed by atoms with Gasteiger partial charge in [0, 0.05) is 37.1 Å². The van der Waals surface area contributed by atoms with Gasteiger partial charge in [0.25, 0.3) is 5.91 Å². The fraction of sp³-hybridized carbons (Fsp3) is 0.375. The number of hydrogen-bond acceptors (Lipinski definition) is 5. The standard InChI is InChI=1S/C24H28N4O2S/c1-25-24(30)23-20(19-10-3-4-11-21(19)31-23)14-18-9-7-13-28(18)22(29)16-27(2)15-17-8-5-6-12-26-17/h3-6,8,10-12,18H,7,9,13-16H2,1-2H3,(H,25,30). The molecule has 0 aliphatic carbocycles. The SMILES string of the molecule is CNC(=O)c1sc2ccccc2c1CC1CCCN1C(=O)CN(C)Cc1ccccn1. The predicted molar refractivity (Wildman–Crippen MR) is 124 cm³/mol. The Morgan fingerprint density at radius 2 is 2.03 bits per heavy atom. The molecule has 0 saturated carbocycles. The third-order valence-corrected chi connectivity index (χ3v) is 7.04. The summed E-state index contributed by atoms with van der Waals surface area (Å²) in [6, 6.07) is 14.1. The van der Waals surface area contributed by atoms with Gasteiger partial charge in [-0.15, -0.1) is 11.3 Å². The molecular formula is C24H28N4O2S. The van der Waals surface area contributed by atoms with Gasteiger partial charge >= 0.3 is 0 Å². The Morgan fingerprint density at radius 3 is 2.81 bits per heavy atom. The third-order valence-electron chi connectivity index (χ3n) is 5.83. The summed E-state index contributed by atoms with van der Waals surface area (Å²) in [5.41, 5.74) is 2.02. The number of likely N-dealkylation sites (tertiary alicyclic amines) is 1. The zero-order chi connectivity index (χ0) is 21.8. The van der Waals surface area contributed by atoms with Gasteiger partial charge in [0.2, 0.25) is 5.91 Å². The molecule has 1 aromatic carbocycles. The summed E-state index contributed by atoms with van der Waals surface area (Å²) in [6.45, 7) is 1.78. The minimum atomic E-state index is -0.0535. The molecule has 1 fully saturated rings. The van der Waals surface area contributed by atoms with E-state index in [0.717, 1.165) is 45.6 Å². The van der Waals surface area contributed by atoms with Crippen molar-refractivity contribution in [1.82, 2.24) is 20.1 Å². The molecule has 0 spiro atoms. The molecule has 162 valence electrons. The Morgan fingerprint density at radius 1 is 1.23 bits per heavy atom. The van der Waals surface area contributed by atoms with Crippen molar-refractivity contribution in [3.05, 3.63) is 64.8 Å². The average Bonchev–Trinajstić information content (AvgIpc) is 3.39. The Kier molecular flexibility index (Phi) is 6.63. The lowest BCUT2D eigenvalue weighted by molar-refractivity contribution is -0.133. The van der Waals surface area contributed by atoms with E-state index in [2.05, 4.69) is 22.4 Å². The summed E-state index contributed by atoms with van der Waals surface area (Å²) in [4.78, 5) is 34.8. The number of thiophene rings is 1. The summed E-state index contributed by atoms with van der Waals surface area (Å²) >= 11 is 1.53. The lowest BCUT2D eigenvalue weighted by Crippen LogP contribution is -2.42. The molecule has 31 heavy (non-hydrogen) atoms. The number of nitrogens with one attached hydrogen (secondary N) is 1. The van der Waals surface area contributed by atoms with Crippen LogP contribution in [0.2, 0.25) is 0 Å². The van der Waals surface area contributed by atoms with E-state index in [-0.39, 0.29) is 17.9 Å². The fourth-order valence-corrected chi connectivity index (χ4v) is 5.54. The molecule has 1 atom stereocenters. The van der Waals surface area contributed by atoms with Crippen molar-refractivity contribution in [3.63, 3.8) is 0 Å². The van der Waals surface area contributed by atoms with Gasteiger partial charge in [0.15, 0.2) is 0 Å². The van der Waals surface area contributed by atoms with Crippen LogP contribution in [-0.4, -0.2) is 59.8 Å². The minimum Gasteiger partial charge on any atom is -0.354 e. The minimum absolute atomic E-state index is 0.0535. The average molecular weight is 437 g/mol. The number of benzene rings is 1. The molecule has 0 bridgehead atoms. The maximum absolute atomic E-state index is 13.1. The lowest BCUT2D eigenvalue weighted by atomic mass is 10.0. The van der Waals surface area contributed by atoms with Crippen LogP contribution in [0.4, 0.5) is 0 Å². The van der Waals surface area contributed by atoms with E-state index in [1.54, 1.807) is 13.2 Å². The van der Waals surface area contributed by atoms with Crippen molar-refractivity contribution in [2.75, 3.05) is 27.2 Å². The summed E-state index contributed by atoms with van der Waals surface area (Å²) in [5, 5.41) is 3.89. The van der Waals surface area contributed by atoms with E-state index in [0.29, 0.717) is 19.5 Å². The Hall–Kier alpha value is -2.77. The summed E-state index contributed by atoms with van der Waals surface area (Å²) in [5.74, 6) is 0.0872. The Balaban J connectivity index is 1.49. The maximum atomic E-state index is 13.1. The molecule has 0 radical (unpaired) electrons.